The van der Waals surface area contributed by atoms with Gasteiger partial charge < -0.3 is 29.4 Å². The van der Waals surface area contributed by atoms with Crippen LogP contribution in [0, 0.1) is 0 Å². The summed E-state index contributed by atoms with van der Waals surface area (Å²) in [6, 6.07) is 12.1. The second-order valence-corrected chi connectivity index (χ2v) is 7.65. The number of carbonyl (C=O) groups is 1. The Hall–Kier alpha value is -2.43. The number of methoxy groups -OCH3 is 1. The van der Waals surface area contributed by atoms with Crippen LogP contribution in [0.4, 0.5) is 4.79 Å². The Morgan fingerprint density at radius 1 is 1.18 bits per heavy atom. The van der Waals surface area contributed by atoms with Gasteiger partial charge in [0.05, 0.1) is 20.0 Å². The van der Waals surface area contributed by atoms with E-state index in [9.17, 15) is 4.79 Å². The van der Waals surface area contributed by atoms with Crippen LogP contribution in [0.25, 0.3) is 0 Å². The molecule has 0 aliphatic carbocycles. The quantitative estimate of drug-likeness (QED) is 0.271. The fourth-order valence-corrected chi connectivity index (χ4v) is 3.72. The summed E-state index contributed by atoms with van der Waals surface area (Å²) >= 11 is 0. The molecule has 0 atom stereocenters. The molecule has 8 nitrogen and oxygen atoms in total. The maximum absolute atomic E-state index is 11.9. The van der Waals surface area contributed by atoms with E-state index in [0.29, 0.717) is 26.2 Å². The lowest BCUT2D eigenvalue weighted by Gasteiger charge is -2.32. The molecule has 2 aromatic rings. The van der Waals surface area contributed by atoms with Crippen molar-refractivity contribution < 1.29 is 18.7 Å². The van der Waals surface area contributed by atoms with Gasteiger partial charge in [-0.05, 0) is 49.9 Å². The number of nitrogens with zero attached hydrogens (tertiary/aromatic N) is 2. The van der Waals surface area contributed by atoms with Gasteiger partial charge in [0, 0.05) is 38.6 Å². The van der Waals surface area contributed by atoms with Crippen molar-refractivity contribution in [3.63, 3.8) is 0 Å². The third-order valence-electron chi connectivity index (χ3n) is 5.45. The maximum atomic E-state index is 11.9. The summed E-state index contributed by atoms with van der Waals surface area (Å²) < 4.78 is 16.0. The summed E-state index contributed by atoms with van der Waals surface area (Å²) in [7, 11) is 1.69. The highest BCUT2D eigenvalue weighted by Crippen LogP contribution is 2.17. The van der Waals surface area contributed by atoms with E-state index >= 15 is 0 Å². The summed E-state index contributed by atoms with van der Waals surface area (Å²) in [4.78, 5) is 18.5. The lowest BCUT2D eigenvalue weighted by molar-refractivity contribution is 0.0963. The van der Waals surface area contributed by atoms with Crippen LogP contribution >= 0.6 is 24.0 Å². The van der Waals surface area contributed by atoms with Gasteiger partial charge in [-0.2, -0.15) is 0 Å². The van der Waals surface area contributed by atoms with E-state index < -0.39 is 0 Å². The maximum Gasteiger partial charge on any atom is 0.409 e. The Bertz CT molecular complexity index is 852. The zero-order valence-electron chi connectivity index (χ0n) is 19.4. The number of hydrogen-bond donors (Lipinski definition) is 2. The van der Waals surface area contributed by atoms with Crippen LogP contribution in [-0.2, 0) is 17.6 Å². The lowest BCUT2D eigenvalue weighted by atomic mass is 10.1. The molecule has 33 heavy (non-hydrogen) atoms. The Labute approximate surface area is 213 Å². The van der Waals surface area contributed by atoms with E-state index in [1.54, 1.807) is 18.3 Å². The molecule has 1 aromatic heterocycles. The highest BCUT2D eigenvalue weighted by Gasteiger charge is 2.24. The number of nitrogens with one attached hydrogen (secondary N) is 2. The van der Waals surface area contributed by atoms with E-state index in [1.165, 1.54) is 0 Å². The topological polar surface area (TPSA) is 88.3 Å². The molecule has 182 valence electrons. The molecule has 0 unspecified atom stereocenters. The number of benzene rings is 1. The molecule has 1 aromatic carbocycles. The van der Waals surface area contributed by atoms with Crippen LogP contribution < -0.4 is 15.4 Å². The fraction of sp³-hybridized carbons (Fsp3) is 0.500. The molecule has 1 aliphatic rings. The van der Waals surface area contributed by atoms with Gasteiger partial charge in [0.1, 0.15) is 11.5 Å². The van der Waals surface area contributed by atoms with Gasteiger partial charge in [-0.3, -0.25) is 4.99 Å². The highest BCUT2D eigenvalue weighted by molar-refractivity contribution is 14.0. The minimum Gasteiger partial charge on any atom is -0.496 e. The van der Waals surface area contributed by atoms with Crippen molar-refractivity contribution in [3.8, 4) is 5.75 Å². The first-order chi connectivity index (χ1) is 15.7. The molecule has 0 spiro atoms. The van der Waals surface area contributed by atoms with Crippen LogP contribution in [0.5, 0.6) is 5.75 Å². The van der Waals surface area contributed by atoms with Crippen LogP contribution in [-0.4, -0.2) is 62.9 Å². The molecular formula is C24H35IN4O4. The minimum absolute atomic E-state index is 0. The van der Waals surface area contributed by atoms with Crippen LogP contribution in [0.1, 0.15) is 31.1 Å². The number of piperidine rings is 1. The zero-order valence-corrected chi connectivity index (χ0v) is 21.7. The third-order valence-corrected chi connectivity index (χ3v) is 5.45. The largest absolute Gasteiger partial charge is 0.496 e. The summed E-state index contributed by atoms with van der Waals surface area (Å²) in [5.41, 5.74) is 1.15. The predicted molar refractivity (Wildman–Crippen MR) is 140 cm³/mol. The second-order valence-electron chi connectivity index (χ2n) is 7.65. The molecule has 1 saturated heterocycles. The molecular weight excluding hydrogens is 535 g/mol. The molecule has 9 heteroatoms. The molecule has 0 radical (unpaired) electrons. The van der Waals surface area contributed by atoms with Crippen molar-refractivity contribution in [2.45, 2.75) is 38.6 Å². The normalized spacial score (nSPS) is 14.4. The Kier molecular flexibility index (Phi) is 11.9. The first-order valence-electron chi connectivity index (χ1n) is 11.3. The molecule has 1 amide bonds. The molecule has 2 N–H and O–H groups in total. The Morgan fingerprint density at radius 2 is 1.97 bits per heavy atom. The number of carbonyl (C=O) groups excluding carboxylic acids is 1. The highest BCUT2D eigenvalue weighted by atomic mass is 127. The standard InChI is InChI=1S/C24H34N4O4.HI/c1-3-31-24(29)28-16-12-20(13-17-28)27-23(26-15-11-21-8-6-18-32-21)25-14-10-19-7-4-5-9-22(19)30-2;/h4-9,18,20H,3,10-17H2,1-2H3,(H2,25,26,27);1H. The number of guanidine groups is 1. The number of aliphatic imine (C=N–C) groups is 1. The van der Waals surface area contributed by atoms with Crippen molar-refractivity contribution in [1.29, 1.82) is 0 Å². The third kappa shape index (κ3) is 8.79. The summed E-state index contributed by atoms with van der Waals surface area (Å²) in [5, 5.41) is 6.99. The Morgan fingerprint density at radius 3 is 2.67 bits per heavy atom. The van der Waals surface area contributed by atoms with E-state index in [4.69, 9.17) is 18.9 Å². The van der Waals surface area contributed by atoms with E-state index in [-0.39, 0.29) is 36.1 Å². The summed E-state index contributed by atoms with van der Waals surface area (Å²) in [6.45, 7) is 4.94. The van der Waals surface area contributed by atoms with Crippen molar-refractivity contribution >= 4 is 36.0 Å². The summed E-state index contributed by atoms with van der Waals surface area (Å²) in [5.74, 6) is 2.59. The second kappa shape index (κ2) is 14.7. The van der Waals surface area contributed by atoms with Gasteiger partial charge in [-0.25, -0.2) is 4.79 Å². The van der Waals surface area contributed by atoms with Crippen LogP contribution in [0.2, 0.25) is 0 Å². The van der Waals surface area contributed by atoms with E-state index in [0.717, 1.165) is 55.3 Å². The first-order valence-corrected chi connectivity index (χ1v) is 11.3. The molecule has 0 saturated carbocycles. The smallest absolute Gasteiger partial charge is 0.409 e. The van der Waals surface area contributed by atoms with E-state index in [2.05, 4.69) is 16.7 Å². The van der Waals surface area contributed by atoms with Crippen molar-refractivity contribution in [1.82, 2.24) is 15.5 Å². The van der Waals surface area contributed by atoms with Gasteiger partial charge in [0.15, 0.2) is 5.96 Å². The molecule has 1 fully saturated rings. The number of amides is 1. The average Bonchev–Trinajstić information content (AvgIpc) is 3.33. The number of hydrogen-bond acceptors (Lipinski definition) is 5. The Balaban J connectivity index is 0.00000385. The molecule has 0 bridgehead atoms. The zero-order chi connectivity index (χ0) is 22.6. The number of likely N-dealkylation sites (tertiary alicyclic amines) is 1. The molecule has 2 heterocycles. The van der Waals surface area contributed by atoms with Crippen molar-refractivity contribution in [2.24, 2.45) is 4.99 Å². The van der Waals surface area contributed by atoms with Gasteiger partial charge in [0.2, 0.25) is 0 Å². The SMILES string of the molecule is CCOC(=O)N1CCC(NC(=NCCc2ccco2)NCCc2ccccc2OC)CC1.I. The van der Waals surface area contributed by atoms with Gasteiger partial charge in [-0.1, -0.05) is 18.2 Å². The molecule has 3 rings (SSSR count). The van der Waals surface area contributed by atoms with Crippen molar-refractivity contribution in [3.05, 3.63) is 54.0 Å². The molecule has 1 aliphatic heterocycles. The van der Waals surface area contributed by atoms with Crippen molar-refractivity contribution in [2.75, 3.05) is 39.9 Å². The summed E-state index contributed by atoms with van der Waals surface area (Å²) in [6.07, 6.45) is 4.72. The predicted octanol–water partition coefficient (Wildman–Crippen LogP) is 3.85. The van der Waals surface area contributed by atoms with Gasteiger partial charge in [0.25, 0.3) is 0 Å². The van der Waals surface area contributed by atoms with E-state index in [1.807, 2.05) is 37.3 Å². The number of ether oxygens (including phenoxy) is 2. The van der Waals surface area contributed by atoms with Crippen LogP contribution in [0.3, 0.4) is 0 Å². The average molecular weight is 570 g/mol. The number of para-hydroxylation sites is 1. The first kappa shape index (κ1) is 26.8. The fourth-order valence-electron chi connectivity index (χ4n) is 3.72. The lowest BCUT2D eigenvalue weighted by Crippen LogP contribution is -2.50. The van der Waals surface area contributed by atoms with Crippen LogP contribution in [0.15, 0.2) is 52.1 Å². The van der Waals surface area contributed by atoms with Gasteiger partial charge >= 0.3 is 6.09 Å². The minimum atomic E-state index is -0.228. The van der Waals surface area contributed by atoms with Gasteiger partial charge in [-0.15, -0.1) is 24.0 Å². The number of furan rings is 1. The monoisotopic (exact) mass is 570 g/mol. The number of rotatable bonds is 9. The number of halogens is 1.